The molecule has 1 aromatic heterocycles. The first-order valence-electron chi connectivity index (χ1n) is 8.35. The molecule has 0 saturated carbocycles. The van der Waals surface area contributed by atoms with Gasteiger partial charge in [-0.3, -0.25) is 9.59 Å². The van der Waals surface area contributed by atoms with Crippen molar-refractivity contribution in [3.63, 3.8) is 0 Å². The van der Waals surface area contributed by atoms with E-state index >= 15 is 0 Å². The molecule has 28 heavy (non-hydrogen) atoms. The van der Waals surface area contributed by atoms with Crippen molar-refractivity contribution >= 4 is 29.1 Å². The molecule has 9 heteroatoms. The van der Waals surface area contributed by atoms with Gasteiger partial charge in [0.1, 0.15) is 5.75 Å². The lowest BCUT2D eigenvalue weighted by atomic mass is 10.2. The van der Waals surface area contributed by atoms with Gasteiger partial charge in [-0.25, -0.2) is 0 Å². The van der Waals surface area contributed by atoms with E-state index in [0.29, 0.717) is 23.0 Å². The third-order valence-corrected chi connectivity index (χ3v) is 3.82. The number of carbonyl (C=O) groups is 2. The molecule has 0 bridgehead atoms. The van der Waals surface area contributed by atoms with Crippen molar-refractivity contribution in [3.8, 4) is 5.75 Å². The highest BCUT2D eigenvalue weighted by Crippen LogP contribution is 2.16. The zero-order valence-electron chi connectivity index (χ0n) is 14.9. The summed E-state index contributed by atoms with van der Waals surface area (Å²) in [5.74, 6) is 0.0273. The normalized spacial score (nSPS) is 10.4. The molecule has 3 rings (SSSR count). The van der Waals surface area contributed by atoms with E-state index in [-0.39, 0.29) is 24.2 Å². The van der Waals surface area contributed by atoms with E-state index in [9.17, 15) is 9.59 Å². The number of carbonyl (C=O) groups excluding carboxylic acids is 2. The highest BCUT2D eigenvalue weighted by Gasteiger charge is 2.15. The second-order valence-corrected chi connectivity index (χ2v) is 6.26. The van der Waals surface area contributed by atoms with Crippen LogP contribution in [-0.2, 0) is 17.9 Å². The van der Waals surface area contributed by atoms with Gasteiger partial charge < -0.3 is 19.9 Å². The lowest BCUT2D eigenvalue weighted by molar-refractivity contribution is -0.114. The average Bonchev–Trinajstić information content (AvgIpc) is 3.15. The Bertz CT molecular complexity index is 955. The maximum Gasteiger partial charge on any atom is 0.316 e. The van der Waals surface area contributed by atoms with Crippen LogP contribution in [0.15, 0.2) is 53.1 Å². The van der Waals surface area contributed by atoms with Gasteiger partial charge in [0.15, 0.2) is 6.61 Å². The summed E-state index contributed by atoms with van der Waals surface area (Å²) in [7, 11) is 0. The molecule has 2 amide bonds. The number of ether oxygens (including phenoxy) is 1. The molecule has 2 aromatic carbocycles. The zero-order chi connectivity index (χ0) is 19.9. The van der Waals surface area contributed by atoms with Crippen LogP contribution in [0.25, 0.3) is 0 Å². The molecule has 2 N–H and O–H groups in total. The Labute approximate surface area is 165 Å². The summed E-state index contributed by atoms with van der Waals surface area (Å²) in [5.41, 5.74) is 1.56. The Morgan fingerprint density at radius 3 is 2.50 bits per heavy atom. The number of aromatic nitrogens is 2. The molecule has 3 aromatic rings. The fraction of sp³-hybridized carbons (Fsp3) is 0.158. The molecule has 0 radical (unpaired) electrons. The first-order valence-corrected chi connectivity index (χ1v) is 8.73. The minimum absolute atomic E-state index is 0.0352. The third-order valence-electron chi connectivity index (χ3n) is 3.57. The monoisotopic (exact) mass is 400 g/mol. The van der Waals surface area contributed by atoms with Crippen molar-refractivity contribution in [1.29, 1.82) is 0 Å². The van der Waals surface area contributed by atoms with Gasteiger partial charge in [-0.2, -0.15) is 4.98 Å². The van der Waals surface area contributed by atoms with Crippen LogP contribution in [0.2, 0.25) is 5.02 Å². The summed E-state index contributed by atoms with van der Waals surface area (Å²) in [6, 6.07) is 13.9. The summed E-state index contributed by atoms with van der Waals surface area (Å²) in [4.78, 5) is 27.1. The number of nitrogens with zero attached hydrogens (tertiary/aromatic N) is 2. The fourth-order valence-electron chi connectivity index (χ4n) is 2.25. The first kappa shape index (κ1) is 19.4. The van der Waals surface area contributed by atoms with E-state index < -0.39 is 5.91 Å². The number of anilines is 1. The minimum atomic E-state index is -0.478. The fourth-order valence-corrected chi connectivity index (χ4v) is 2.38. The molecule has 0 spiro atoms. The number of hydrogen-bond donors (Lipinski definition) is 2. The van der Waals surface area contributed by atoms with Gasteiger partial charge >= 0.3 is 11.8 Å². The topological polar surface area (TPSA) is 106 Å². The summed E-state index contributed by atoms with van der Waals surface area (Å²) in [6.07, 6.45) is 0. The molecule has 8 nitrogen and oxygen atoms in total. The van der Waals surface area contributed by atoms with Crippen LogP contribution in [0.1, 0.15) is 29.0 Å². The van der Waals surface area contributed by atoms with E-state index in [4.69, 9.17) is 20.9 Å². The number of nitrogens with one attached hydrogen (secondary N) is 2. The maximum absolute atomic E-state index is 12.1. The van der Waals surface area contributed by atoms with Gasteiger partial charge in [-0.1, -0.05) is 28.9 Å². The molecule has 1 heterocycles. The lowest BCUT2D eigenvalue weighted by Gasteiger charge is -2.05. The first-order chi connectivity index (χ1) is 13.5. The Kier molecular flexibility index (Phi) is 6.23. The molecular formula is C19H17ClN4O4. The molecule has 0 fully saturated rings. The number of hydrogen-bond acceptors (Lipinski definition) is 6. The predicted molar refractivity (Wildman–Crippen MR) is 102 cm³/mol. The minimum Gasteiger partial charge on any atom is -0.485 e. The second kappa shape index (κ2) is 9.01. The van der Waals surface area contributed by atoms with Gasteiger partial charge in [0.05, 0.1) is 0 Å². The van der Waals surface area contributed by atoms with Crippen LogP contribution in [-0.4, -0.2) is 22.0 Å². The van der Waals surface area contributed by atoms with E-state index in [1.807, 2.05) is 12.1 Å². The van der Waals surface area contributed by atoms with Crippen molar-refractivity contribution in [2.45, 2.75) is 20.1 Å². The predicted octanol–water partition coefficient (Wildman–Crippen LogP) is 3.19. The standard InChI is InChI=1S/C19H17ClN4O4/c1-12(25)22-15-6-8-16(9-7-15)27-11-17-23-19(28-24-17)18(26)21-10-13-2-4-14(20)5-3-13/h2-9H,10-11H2,1H3,(H,21,26)(H,22,25). The highest BCUT2D eigenvalue weighted by molar-refractivity contribution is 6.30. The van der Waals surface area contributed by atoms with Crippen LogP contribution in [0, 0.1) is 0 Å². The number of rotatable bonds is 7. The van der Waals surface area contributed by atoms with E-state index in [2.05, 4.69) is 20.8 Å². The van der Waals surface area contributed by atoms with Crippen LogP contribution in [0.3, 0.4) is 0 Å². The summed E-state index contributed by atoms with van der Waals surface area (Å²) < 4.78 is 10.5. The summed E-state index contributed by atoms with van der Waals surface area (Å²) in [5, 5.41) is 9.71. The van der Waals surface area contributed by atoms with Crippen LogP contribution < -0.4 is 15.4 Å². The molecule has 0 saturated heterocycles. The summed E-state index contributed by atoms with van der Waals surface area (Å²) in [6.45, 7) is 1.78. The maximum atomic E-state index is 12.1. The summed E-state index contributed by atoms with van der Waals surface area (Å²) >= 11 is 5.83. The van der Waals surface area contributed by atoms with Crippen LogP contribution >= 0.6 is 11.6 Å². The van der Waals surface area contributed by atoms with Crippen molar-refractivity contribution in [2.24, 2.45) is 0 Å². The Balaban J connectivity index is 1.49. The highest BCUT2D eigenvalue weighted by atomic mass is 35.5. The van der Waals surface area contributed by atoms with Gasteiger partial charge in [-0.15, -0.1) is 0 Å². The van der Waals surface area contributed by atoms with Gasteiger partial charge in [0.2, 0.25) is 11.7 Å². The molecule has 0 atom stereocenters. The zero-order valence-corrected chi connectivity index (χ0v) is 15.7. The lowest BCUT2D eigenvalue weighted by Crippen LogP contribution is -2.23. The van der Waals surface area contributed by atoms with Crippen molar-refractivity contribution < 1.29 is 18.8 Å². The molecule has 0 aliphatic heterocycles. The molecule has 0 unspecified atom stereocenters. The third kappa shape index (κ3) is 5.55. The SMILES string of the molecule is CC(=O)Nc1ccc(OCc2noc(C(=O)NCc3ccc(Cl)cc3)n2)cc1. The Morgan fingerprint density at radius 1 is 1.11 bits per heavy atom. The van der Waals surface area contributed by atoms with Crippen molar-refractivity contribution in [3.05, 3.63) is 70.8 Å². The van der Waals surface area contributed by atoms with Crippen molar-refractivity contribution in [2.75, 3.05) is 5.32 Å². The number of benzene rings is 2. The van der Waals surface area contributed by atoms with Crippen LogP contribution in [0.4, 0.5) is 5.69 Å². The smallest absolute Gasteiger partial charge is 0.316 e. The van der Waals surface area contributed by atoms with Gasteiger partial charge in [-0.05, 0) is 42.0 Å². The molecular weight excluding hydrogens is 384 g/mol. The Morgan fingerprint density at radius 2 is 1.82 bits per heavy atom. The second-order valence-electron chi connectivity index (χ2n) is 5.82. The number of amides is 2. The largest absolute Gasteiger partial charge is 0.485 e. The van der Waals surface area contributed by atoms with Gasteiger partial charge in [0, 0.05) is 24.2 Å². The molecule has 0 aliphatic carbocycles. The van der Waals surface area contributed by atoms with Gasteiger partial charge in [0.25, 0.3) is 0 Å². The van der Waals surface area contributed by atoms with E-state index in [1.165, 1.54) is 6.92 Å². The number of halogens is 1. The van der Waals surface area contributed by atoms with Crippen LogP contribution in [0.5, 0.6) is 5.75 Å². The van der Waals surface area contributed by atoms with E-state index in [0.717, 1.165) is 5.56 Å². The quantitative estimate of drug-likeness (QED) is 0.630. The molecule has 0 aliphatic rings. The van der Waals surface area contributed by atoms with E-state index in [1.54, 1.807) is 36.4 Å². The average molecular weight is 401 g/mol. The van der Waals surface area contributed by atoms with Crippen molar-refractivity contribution in [1.82, 2.24) is 15.5 Å². The molecule has 144 valence electrons. The Hall–Kier alpha value is -3.39.